The number of nitrogens with one attached hydrogen (secondary N) is 1. The standard InChI is InChI=1S/C20H19Cl2N7O/c1-3-7-15(19-26-25-16-10-4-5-11-28(16)19)24-20(30)18-23-12(2)29(27-18)17-13(21)8-6-9-14(17)22/h4-6,8-11,15H,3,7H2,1-2H3,(H,24,30). The molecule has 3 aromatic heterocycles. The molecule has 1 amide bonds. The van der Waals surface area contributed by atoms with Crippen LogP contribution in [0.2, 0.25) is 10.0 Å². The molecule has 0 fully saturated rings. The number of halogens is 2. The van der Waals surface area contributed by atoms with Gasteiger partial charge in [-0.05, 0) is 37.6 Å². The van der Waals surface area contributed by atoms with Gasteiger partial charge in [-0.1, -0.05) is 48.7 Å². The Morgan fingerprint density at radius 2 is 1.90 bits per heavy atom. The van der Waals surface area contributed by atoms with Gasteiger partial charge >= 0.3 is 0 Å². The Kier molecular flexibility index (Phi) is 5.69. The first-order valence-corrected chi connectivity index (χ1v) is 10.2. The quantitative estimate of drug-likeness (QED) is 0.482. The van der Waals surface area contributed by atoms with Crippen LogP contribution in [0.5, 0.6) is 0 Å². The second-order valence-corrected chi connectivity index (χ2v) is 7.58. The zero-order valence-corrected chi connectivity index (χ0v) is 17.9. The van der Waals surface area contributed by atoms with Crippen molar-refractivity contribution in [2.45, 2.75) is 32.7 Å². The Balaban J connectivity index is 1.64. The molecule has 0 aliphatic heterocycles. The van der Waals surface area contributed by atoms with Crippen LogP contribution in [0.3, 0.4) is 0 Å². The molecule has 10 heteroatoms. The van der Waals surface area contributed by atoms with Gasteiger partial charge in [0.05, 0.1) is 16.1 Å². The van der Waals surface area contributed by atoms with Crippen molar-refractivity contribution in [3.05, 3.63) is 70.1 Å². The monoisotopic (exact) mass is 443 g/mol. The zero-order chi connectivity index (χ0) is 21.3. The summed E-state index contributed by atoms with van der Waals surface area (Å²) in [7, 11) is 0. The van der Waals surface area contributed by atoms with Crippen LogP contribution in [-0.4, -0.2) is 35.3 Å². The first kappa shape index (κ1) is 20.3. The van der Waals surface area contributed by atoms with Crippen LogP contribution < -0.4 is 5.32 Å². The van der Waals surface area contributed by atoms with Crippen molar-refractivity contribution in [2.75, 3.05) is 0 Å². The van der Waals surface area contributed by atoms with Gasteiger partial charge in [-0.25, -0.2) is 9.67 Å². The van der Waals surface area contributed by atoms with E-state index in [1.807, 2.05) is 35.7 Å². The van der Waals surface area contributed by atoms with E-state index in [1.165, 1.54) is 4.68 Å². The van der Waals surface area contributed by atoms with Gasteiger partial charge in [-0.3, -0.25) is 9.20 Å². The number of nitrogens with zero attached hydrogens (tertiary/aromatic N) is 6. The van der Waals surface area contributed by atoms with Crippen molar-refractivity contribution in [3.8, 4) is 5.69 Å². The van der Waals surface area contributed by atoms with Crippen LogP contribution in [0.1, 0.15) is 48.1 Å². The Morgan fingerprint density at radius 3 is 2.63 bits per heavy atom. The molecule has 3 heterocycles. The molecular formula is C20H19Cl2N7O. The van der Waals surface area contributed by atoms with Crippen molar-refractivity contribution in [1.82, 2.24) is 34.7 Å². The SMILES string of the molecule is CCCC(NC(=O)c1nc(C)n(-c2c(Cl)cccc2Cl)n1)c1nnc2ccccn12. The molecule has 8 nitrogen and oxygen atoms in total. The molecule has 154 valence electrons. The number of fused-ring (bicyclic) bond motifs is 1. The molecule has 30 heavy (non-hydrogen) atoms. The zero-order valence-electron chi connectivity index (χ0n) is 16.4. The minimum atomic E-state index is -0.411. The summed E-state index contributed by atoms with van der Waals surface area (Å²) in [5, 5.41) is 16.6. The van der Waals surface area contributed by atoms with Gasteiger partial charge in [-0.2, -0.15) is 0 Å². The van der Waals surface area contributed by atoms with Gasteiger partial charge in [0, 0.05) is 6.20 Å². The normalized spacial score (nSPS) is 12.3. The lowest BCUT2D eigenvalue weighted by Gasteiger charge is -2.15. The fourth-order valence-corrected chi connectivity index (χ4v) is 3.82. The largest absolute Gasteiger partial charge is 0.339 e. The maximum absolute atomic E-state index is 13.0. The van der Waals surface area contributed by atoms with E-state index in [0.29, 0.717) is 33.8 Å². The fourth-order valence-electron chi connectivity index (χ4n) is 3.26. The maximum Gasteiger partial charge on any atom is 0.291 e. The number of amides is 1. The summed E-state index contributed by atoms with van der Waals surface area (Å²) in [4.78, 5) is 17.3. The van der Waals surface area contributed by atoms with Crippen molar-refractivity contribution >= 4 is 34.8 Å². The Labute approximate surface area is 182 Å². The average Bonchev–Trinajstić information content (AvgIpc) is 3.32. The predicted molar refractivity (Wildman–Crippen MR) is 114 cm³/mol. The lowest BCUT2D eigenvalue weighted by Crippen LogP contribution is -2.30. The van der Waals surface area contributed by atoms with Gasteiger partial charge in [-0.15, -0.1) is 15.3 Å². The molecule has 0 radical (unpaired) electrons. The van der Waals surface area contributed by atoms with E-state index in [4.69, 9.17) is 23.2 Å². The molecule has 1 atom stereocenters. The van der Waals surface area contributed by atoms with Gasteiger partial charge in [0.2, 0.25) is 5.82 Å². The summed E-state index contributed by atoms with van der Waals surface area (Å²) in [5.41, 5.74) is 1.20. The third-order valence-electron chi connectivity index (χ3n) is 4.66. The number of pyridine rings is 1. The lowest BCUT2D eigenvalue weighted by atomic mass is 10.1. The highest BCUT2D eigenvalue weighted by Gasteiger charge is 2.24. The number of carbonyl (C=O) groups is 1. The van der Waals surface area contributed by atoms with Gasteiger partial charge in [0.25, 0.3) is 5.91 Å². The highest BCUT2D eigenvalue weighted by Crippen LogP contribution is 2.28. The van der Waals surface area contributed by atoms with Crippen LogP contribution in [0, 0.1) is 6.92 Å². The third kappa shape index (κ3) is 3.76. The highest BCUT2D eigenvalue weighted by atomic mass is 35.5. The van der Waals surface area contributed by atoms with Crippen LogP contribution in [0.25, 0.3) is 11.3 Å². The number of para-hydroxylation sites is 1. The molecule has 0 aliphatic rings. The van der Waals surface area contributed by atoms with Gasteiger partial charge < -0.3 is 5.32 Å². The Bertz CT molecular complexity index is 1200. The van der Waals surface area contributed by atoms with E-state index in [0.717, 1.165) is 12.1 Å². The summed E-state index contributed by atoms with van der Waals surface area (Å²) in [6.45, 7) is 3.78. The minimum Gasteiger partial charge on any atom is -0.339 e. The van der Waals surface area contributed by atoms with E-state index in [1.54, 1.807) is 25.1 Å². The van der Waals surface area contributed by atoms with Gasteiger partial charge in [0.1, 0.15) is 11.5 Å². The first-order valence-electron chi connectivity index (χ1n) is 9.48. The molecule has 1 aromatic carbocycles. The number of hydrogen-bond donors (Lipinski definition) is 1. The summed E-state index contributed by atoms with van der Waals surface area (Å²) >= 11 is 12.6. The molecule has 1 N–H and O–H groups in total. The molecule has 1 unspecified atom stereocenters. The first-order chi connectivity index (χ1) is 14.5. The molecule has 0 bridgehead atoms. The molecule has 0 spiro atoms. The molecule has 0 aliphatic carbocycles. The van der Waals surface area contributed by atoms with E-state index >= 15 is 0 Å². The molecular weight excluding hydrogens is 425 g/mol. The van der Waals surface area contributed by atoms with Crippen LogP contribution >= 0.6 is 23.2 Å². The second-order valence-electron chi connectivity index (χ2n) is 6.77. The highest BCUT2D eigenvalue weighted by molar-refractivity contribution is 6.37. The summed E-state index contributed by atoms with van der Waals surface area (Å²) in [5.74, 6) is 0.769. The fraction of sp³-hybridized carbons (Fsp3) is 0.250. The third-order valence-corrected chi connectivity index (χ3v) is 5.27. The van der Waals surface area contributed by atoms with E-state index in [9.17, 15) is 4.79 Å². The summed E-state index contributed by atoms with van der Waals surface area (Å²) in [6, 6.07) is 10.5. The molecule has 4 aromatic rings. The van der Waals surface area contributed by atoms with E-state index in [-0.39, 0.29) is 11.9 Å². The van der Waals surface area contributed by atoms with Gasteiger partial charge in [0.15, 0.2) is 11.5 Å². The predicted octanol–water partition coefficient (Wildman–Crippen LogP) is 4.20. The summed E-state index contributed by atoms with van der Waals surface area (Å²) in [6.07, 6.45) is 3.41. The Hall–Kier alpha value is -2.97. The number of carbonyl (C=O) groups excluding carboxylic acids is 1. The maximum atomic E-state index is 13.0. The number of hydrogen-bond acceptors (Lipinski definition) is 5. The topological polar surface area (TPSA) is 90.0 Å². The van der Waals surface area contributed by atoms with Crippen LogP contribution in [-0.2, 0) is 0 Å². The second kappa shape index (κ2) is 8.41. The van der Waals surface area contributed by atoms with E-state index < -0.39 is 5.91 Å². The average molecular weight is 444 g/mol. The number of benzene rings is 1. The van der Waals surface area contributed by atoms with Crippen LogP contribution in [0.15, 0.2) is 42.6 Å². The van der Waals surface area contributed by atoms with Crippen molar-refractivity contribution in [1.29, 1.82) is 0 Å². The summed E-state index contributed by atoms with van der Waals surface area (Å²) < 4.78 is 3.34. The molecule has 0 saturated carbocycles. The molecule has 0 saturated heterocycles. The number of rotatable bonds is 6. The Morgan fingerprint density at radius 1 is 1.13 bits per heavy atom. The lowest BCUT2D eigenvalue weighted by molar-refractivity contribution is 0.0922. The number of aromatic nitrogens is 6. The van der Waals surface area contributed by atoms with Crippen molar-refractivity contribution in [3.63, 3.8) is 0 Å². The van der Waals surface area contributed by atoms with E-state index in [2.05, 4.69) is 25.6 Å². The van der Waals surface area contributed by atoms with Crippen molar-refractivity contribution in [2.24, 2.45) is 0 Å². The molecule has 4 rings (SSSR count). The number of aryl methyl sites for hydroxylation is 1. The van der Waals surface area contributed by atoms with Crippen LogP contribution in [0.4, 0.5) is 0 Å². The minimum absolute atomic E-state index is 0.0263. The smallest absolute Gasteiger partial charge is 0.291 e. The van der Waals surface area contributed by atoms with Crippen molar-refractivity contribution < 1.29 is 4.79 Å².